The summed E-state index contributed by atoms with van der Waals surface area (Å²) in [6.45, 7) is 5.09. The van der Waals surface area contributed by atoms with Crippen LogP contribution in [0.25, 0.3) is 11.3 Å². The molecule has 0 unspecified atom stereocenters. The van der Waals surface area contributed by atoms with Crippen molar-refractivity contribution < 1.29 is 0 Å². The van der Waals surface area contributed by atoms with Crippen molar-refractivity contribution >= 4 is 0 Å². The van der Waals surface area contributed by atoms with Gasteiger partial charge < -0.3 is 5.32 Å². The van der Waals surface area contributed by atoms with Gasteiger partial charge in [0.2, 0.25) is 0 Å². The van der Waals surface area contributed by atoms with Crippen molar-refractivity contribution in [1.29, 1.82) is 0 Å². The zero-order valence-corrected chi connectivity index (χ0v) is 10.9. The number of benzene rings is 1. The van der Waals surface area contributed by atoms with Gasteiger partial charge in [-0.05, 0) is 33.0 Å². The van der Waals surface area contributed by atoms with Crippen LogP contribution in [0.3, 0.4) is 0 Å². The molecule has 2 aromatic rings. The summed E-state index contributed by atoms with van der Waals surface area (Å²) >= 11 is 0. The molecule has 0 radical (unpaired) electrons. The van der Waals surface area contributed by atoms with Crippen molar-refractivity contribution in [2.24, 2.45) is 7.05 Å². The zero-order valence-electron chi connectivity index (χ0n) is 10.9. The van der Waals surface area contributed by atoms with E-state index in [0.717, 1.165) is 12.2 Å². The highest BCUT2D eigenvalue weighted by Crippen LogP contribution is 2.24. The lowest BCUT2D eigenvalue weighted by Gasteiger charge is -2.05. The highest BCUT2D eigenvalue weighted by atomic mass is 15.3. The number of aryl methyl sites for hydroxylation is 3. The molecule has 0 aliphatic heterocycles. The normalized spacial score (nSPS) is 10.8. The number of nitrogens with zero attached hydrogens (tertiary/aromatic N) is 2. The molecule has 90 valence electrons. The van der Waals surface area contributed by atoms with Gasteiger partial charge in [-0.15, -0.1) is 0 Å². The Morgan fingerprint density at radius 1 is 1.18 bits per heavy atom. The van der Waals surface area contributed by atoms with Crippen LogP contribution in [0.15, 0.2) is 24.4 Å². The van der Waals surface area contributed by atoms with E-state index in [9.17, 15) is 0 Å². The standard InChI is InChI=1S/C14H19N3/c1-10-5-11(2)7-12(6-10)14-13(8-15-3)9-17(4)16-14/h5-7,9,15H,8H2,1-4H3. The fourth-order valence-corrected chi connectivity index (χ4v) is 2.21. The van der Waals surface area contributed by atoms with Gasteiger partial charge >= 0.3 is 0 Å². The van der Waals surface area contributed by atoms with Gasteiger partial charge in [0, 0.05) is 30.9 Å². The Balaban J connectivity index is 2.51. The number of nitrogens with one attached hydrogen (secondary N) is 1. The van der Waals surface area contributed by atoms with Crippen molar-refractivity contribution in [2.75, 3.05) is 7.05 Å². The topological polar surface area (TPSA) is 29.9 Å². The molecule has 1 aromatic carbocycles. The molecule has 0 aliphatic rings. The summed E-state index contributed by atoms with van der Waals surface area (Å²) in [4.78, 5) is 0. The lowest BCUT2D eigenvalue weighted by Crippen LogP contribution is -2.05. The van der Waals surface area contributed by atoms with Crippen LogP contribution >= 0.6 is 0 Å². The second-order valence-corrected chi connectivity index (χ2v) is 4.58. The first-order valence-corrected chi connectivity index (χ1v) is 5.86. The lowest BCUT2D eigenvalue weighted by atomic mass is 10.0. The molecule has 0 amide bonds. The molecule has 0 aliphatic carbocycles. The fraction of sp³-hybridized carbons (Fsp3) is 0.357. The van der Waals surface area contributed by atoms with Crippen LogP contribution in [0.2, 0.25) is 0 Å². The van der Waals surface area contributed by atoms with Crippen molar-refractivity contribution in [3.05, 3.63) is 41.1 Å². The van der Waals surface area contributed by atoms with E-state index in [4.69, 9.17) is 0 Å². The minimum atomic E-state index is 0.843. The number of hydrogen-bond donors (Lipinski definition) is 1. The van der Waals surface area contributed by atoms with Crippen molar-refractivity contribution in [1.82, 2.24) is 15.1 Å². The van der Waals surface area contributed by atoms with Crippen LogP contribution < -0.4 is 5.32 Å². The third-order valence-electron chi connectivity index (χ3n) is 2.77. The number of rotatable bonds is 3. The molecule has 2 rings (SSSR count). The molecule has 0 spiro atoms. The van der Waals surface area contributed by atoms with E-state index in [1.807, 2.05) is 18.8 Å². The Morgan fingerprint density at radius 3 is 2.41 bits per heavy atom. The average molecular weight is 229 g/mol. The quantitative estimate of drug-likeness (QED) is 0.876. The van der Waals surface area contributed by atoms with E-state index in [2.05, 4.69) is 48.7 Å². The molecule has 0 atom stereocenters. The Labute approximate surface area is 102 Å². The van der Waals surface area contributed by atoms with Crippen LogP contribution in [0.4, 0.5) is 0 Å². The Kier molecular flexibility index (Phi) is 3.29. The molecular formula is C14H19N3. The van der Waals surface area contributed by atoms with Gasteiger partial charge in [0.15, 0.2) is 0 Å². The lowest BCUT2D eigenvalue weighted by molar-refractivity contribution is 0.765. The van der Waals surface area contributed by atoms with Crippen LogP contribution in [0.5, 0.6) is 0 Å². The third kappa shape index (κ3) is 2.56. The predicted octanol–water partition coefficient (Wildman–Crippen LogP) is 2.42. The summed E-state index contributed by atoms with van der Waals surface area (Å²) in [5.74, 6) is 0. The molecule has 0 bridgehead atoms. The second kappa shape index (κ2) is 4.72. The van der Waals surface area contributed by atoms with E-state index in [-0.39, 0.29) is 0 Å². The second-order valence-electron chi connectivity index (χ2n) is 4.58. The summed E-state index contributed by atoms with van der Waals surface area (Å²) in [6.07, 6.45) is 2.07. The summed E-state index contributed by atoms with van der Waals surface area (Å²) < 4.78 is 1.87. The zero-order chi connectivity index (χ0) is 12.4. The van der Waals surface area contributed by atoms with E-state index in [1.165, 1.54) is 22.3 Å². The van der Waals surface area contributed by atoms with Crippen LogP contribution in [0, 0.1) is 13.8 Å². The van der Waals surface area contributed by atoms with Gasteiger partial charge in [0.25, 0.3) is 0 Å². The summed E-state index contributed by atoms with van der Waals surface area (Å²) in [5, 5.41) is 7.74. The molecule has 0 saturated heterocycles. The molecule has 3 nitrogen and oxygen atoms in total. The Hall–Kier alpha value is -1.61. The Bertz CT molecular complexity index is 506. The predicted molar refractivity (Wildman–Crippen MR) is 70.9 cm³/mol. The molecule has 1 aromatic heterocycles. The minimum absolute atomic E-state index is 0.843. The molecule has 17 heavy (non-hydrogen) atoms. The molecular weight excluding hydrogens is 210 g/mol. The third-order valence-corrected chi connectivity index (χ3v) is 2.77. The van der Waals surface area contributed by atoms with Gasteiger partial charge in [-0.1, -0.05) is 17.2 Å². The first-order valence-electron chi connectivity index (χ1n) is 5.86. The maximum Gasteiger partial charge on any atom is 0.0968 e. The summed E-state index contributed by atoms with van der Waals surface area (Å²) in [7, 11) is 3.92. The van der Waals surface area contributed by atoms with Gasteiger partial charge in [-0.3, -0.25) is 4.68 Å². The van der Waals surface area contributed by atoms with Gasteiger partial charge in [0.05, 0.1) is 5.69 Å². The minimum Gasteiger partial charge on any atom is -0.316 e. The van der Waals surface area contributed by atoms with Crippen molar-refractivity contribution in [3.63, 3.8) is 0 Å². The summed E-state index contributed by atoms with van der Waals surface area (Å²) in [5.41, 5.74) is 6.07. The van der Waals surface area contributed by atoms with E-state index < -0.39 is 0 Å². The average Bonchev–Trinajstić information content (AvgIpc) is 2.58. The van der Waals surface area contributed by atoms with Gasteiger partial charge in [-0.25, -0.2) is 0 Å². The number of aromatic nitrogens is 2. The van der Waals surface area contributed by atoms with Crippen LogP contribution in [-0.4, -0.2) is 16.8 Å². The van der Waals surface area contributed by atoms with Gasteiger partial charge in [-0.2, -0.15) is 5.10 Å². The van der Waals surface area contributed by atoms with Gasteiger partial charge in [0.1, 0.15) is 0 Å². The van der Waals surface area contributed by atoms with Crippen molar-refractivity contribution in [3.8, 4) is 11.3 Å². The largest absolute Gasteiger partial charge is 0.316 e. The molecule has 1 heterocycles. The monoisotopic (exact) mass is 229 g/mol. The SMILES string of the molecule is CNCc1cn(C)nc1-c1cc(C)cc(C)c1. The van der Waals surface area contributed by atoms with E-state index in [1.54, 1.807) is 0 Å². The van der Waals surface area contributed by atoms with E-state index >= 15 is 0 Å². The smallest absolute Gasteiger partial charge is 0.0968 e. The number of hydrogen-bond acceptors (Lipinski definition) is 2. The highest BCUT2D eigenvalue weighted by molar-refractivity contribution is 5.64. The first-order chi connectivity index (χ1) is 8.10. The molecule has 0 fully saturated rings. The van der Waals surface area contributed by atoms with E-state index in [0.29, 0.717) is 0 Å². The Morgan fingerprint density at radius 2 is 1.82 bits per heavy atom. The molecule has 3 heteroatoms. The van der Waals surface area contributed by atoms with Crippen LogP contribution in [0.1, 0.15) is 16.7 Å². The maximum absolute atomic E-state index is 4.56. The highest BCUT2D eigenvalue weighted by Gasteiger charge is 2.10. The summed E-state index contributed by atoms with van der Waals surface area (Å²) in [6, 6.07) is 6.56. The van der Waals surface area contributed by atoms with Crippen molar-refractivity contribution in [2.45, 2.75) is 20.4 Å². The first kappa shape index (κ1) is 11.9. The maximum atomic E-state index is 4.56. The van der Waals surface area contributed by atoms with Crippen LogP contribution in [-0.2, 0) is 13.6 Å². The molecule has 0 saturated carbocycles. The fourth-order valence-electron chi connectivity index (χ4n) is 2.21. The molecule has 1 N–H and O–H groups in total.